The molecule has 3 nitrogen and oxygen atoms in total. The van der Waals surface area contributed by atoms with E-state index in [2.05, 4.69) is 36.5 Å². The molecule has 0 heterocycles. The minimum absolute atomic E-state index is 0.00678. The van der Waals surface area contributed by atoms with Crippen molar-refractivity contribution in [3.8, 4) is 5.75 Å². The molecule has 0 aromatic heterocycles. The number of rotatable bonds is 8. The monoisotopic (exact) mass is 333 g/mol. The highest BCUT2D eigenvalue weighted by Crippen LogP contribution is 2.18. The lowest BCUT2D eigenvalue weighted by Gasteiger charge is -2.08. The van der Waals surface area contributed by atoms with Crippen LogP contribution in [0.4, 0.5) is 4.39 Å². The first kappa shape index (κ1) is 17.3. The van der Waals surface area contributed by atoms with E-state index >= 15 is 0 Å². The molecule has 0 fully saturated rings. The molecule has 2 aromatic rings. The van der Waals surface area contributed by atoms with Crippen LogP contribution < -0.4 is 10.1 Å². The highest BCUT2D eigenvalue weighted by molar-refractivity contribution is 7.99. The molecule has 0 bridgehead atoms. The van der Waals surface area contributed by atoms with Crippen molar-refractivity contribution in [3.05, 3.63) is 59.9 Å². The van der Waals surface area contributed by atoms with E-state index in [4.69, 9.17) is 4.74 Å². The second kappa shape index (κ2) is 9.20. The molecule has 0 aliphatic heterocycles. The van der Waals surface area contributed by atoms with Crippen molar-refractivity contribution < 1.29 is 13.9 Å². The van der Waals surface area contributed by atoms with Crippen LogP contribution in [0.3, 0.4) is 0 Å². The van der Waals surface area contributed by atoms with E-state index in [1.165, 1.54) is 22.6 Å². The molecule has 5 heteroatoms. The molecule has 0 unspecified atom stereocenters. The Morgan fingerprint density at radius 3 is 2.52 bits per heavy atom. The highest BCUT2D eigenvalue weighted by atomic mass is 32.2. The maximum atomic E-state index is 12.7. The summed E-state index contributed by atoms with van der Waals surface area (Å²) in [5.41, 5.74) is 1.23. The van der Waals surface area contributed by atoms with Crippen LogP contribution in [0.5, 0.6) is 5.75 Å². The van der Waals surface area contributed by atoms with E-state index in [-0.39, 0.29) is 11.7 Å². The first-order valence-electron chi connectivity index (χ1n) is 7.48. The number of ether oxygens (including phenoxy) is 1. The Kier molecular flexibility index (Phi) is 6.94. The Balaban J connectivity index is 1.56. The molecule has 1 amide bonds. The van der Waals surface area contributed by atoms with Crippen LogP contribution in [0.1, 0.15) is 12.0 Å². The standard InChI is InChI=1S/C18H20FNO2S/c1-14-2-8-17(9-3-14)23-13-10-18(21)20-11-12-22-16-6-4-15(19)5-7-16/h2-9H,10-13H2,1H3,(H,20,21). The summed E-state index contributed by atoms with van der Waals surface area (Å²) in [5.74, 6) is 1.05. The van der Waals surface area contributed by atoms with Gasteiger partial charge in [0.25, 0.3) is 0 Å². The number of halogens is 1. The third kappa shape index (κ3) is 6.74. The molecule has 0 atom stereocenters. The van der Waals surface area contributed by atoms with Crippen molar-refractivity contribution in [1.29, 1.82) is 0 Å². The van der Waals surface area contributed by atoms with Gasteiger partial charge in [0.05, 0.1) is 6.54 Å². The maximum absolute atomic E-state index is 12.7. The summed E-state index contributed by atoms with van der Waals surface area (Å²) in [6.07, 6.45) is 0.467. The Morgan fingerprint density at radius 2 is 1.83 bits per heavy atom. The van der Waals surface area contributed by atoms with Gasteiger partial charge in [-0.05, 0) is 43.3 Å². The molecule has 23 heavy (non-hydrogen) atoms. The molecule has 0 radical (unpaired) electrons. The van der Waals surface area contributed by atoms with E-state index in [1.807, 2.05) is 0 Å². The van der Waals surface area contributed by atoms with Crippen LogP contribution in [0, 0.1) is 12.7 Å². The third-order valence-electron chi connectivity index (χ3n) is 3.13. The van der Waals surface area contributed by atoms with Crippen LogP contribution in [0.25, 0.3) is 0 Å². The zero-order valence-electron chi connectivity index (χ0n) is 13.0. The van der Waals surface area contributed by atoms with Crippen molar-refractivity contribution in [3.63, 3.8) is 0 Å². The van der Waals surface area contributed by atoms with Gasteiger partial charge >= 0.3 is 0 Å². The molecule has 0 spiro atoms. The Morgan fingerprint density at radius 1 is 1.13 bits per heavy atom. The molecule has 2 aromatic carbocycles. The lowest BCUT2D eigenvalue weighted by molar-refractivity contribution is -0.120. The fourth-order valence-corrected chi connectivity index (χ4v) is 2.73. The maximum Gasteiger partial charge on any atom is 0.220 e. The molecule has 0 saturated heterocycles. The van der Waals surface area contributed by atoms with Gasteiger partial charge in [-0.3, -0.25) is 4.79 Å². The number of amides is 1. The summed E-state index contributed by atoms with van der Waals surface area (Å²) in [5, 5.41) is 2.81. The zero-order valence-corrected chi connectivity index (χ0v) is 13.9. The Hall–Kier alpha value is -2.01. The first-order valence-corrected chi connectivity index (χ1v) is 8.46. The summed E-state index contributed by atoms with van der Waals surface area (Å²) in [4.78, 5) is 12.9. The van der Waals surface area contributed by atoms with Gasteiger partial charge in [0.15, 0.2) is 0 Å². The summed E-state index contributed by atoms with van der Waals surface area (Å²) >= 11 is 1.67. The van der Waals surface area contributed by atoms with Gasteiger partial charge in [-0.2, -0.15) is 0 Å². The number of benzene rings is 2. The minimum atomic E-state index is -0.295. The summed E-state index contributed by atoms with van der Waals surface area (Å²) in [7, 11) is 0. The SMILES string of the molecule is Cc1ccc(SCCC(=O)NCCOc2ccc(F)cc2)cc1. The van der Waals surface area contributed by atoms with Gasteiger partial charge in [-0.1, -0.05) is 17.7 Å². The van der Waals surface area contributed by atoms with Gasteiger partial charge in [0.1, 0.15) is 18.2 Å². The van der Waals surface area contributed by atoms with Crippen molar-refractivity contribution in [1.82, 2.24) is 5.32 Å². The van der Waals surface area contributed by atoms with Crippen molar-refractivity contribution >= 4 is 17.7 Å². The number of aryl methyl sites for hydroxylation is 1. The van der Waals surface area contributed by atoms with Crippen molar-refractivity contribution in [2.75, 3.05) is 18.9 Å². The number of hydrogen-bond acceptors (Lipinski definition) is 3. The number of hydrogen-bond donors (Lipinski definition) is 1. The lowest BCUT2D eigenvalue weighted by atomic mass is 10.2. The third-order valence-corrected chi connectivity index (χ3v) is 4.14. The average Bonchev–Trinajstić information content (AvgIpc) is 2.55. The Labute approximate surface area is 140 Å². The van der Waals surface area contributed by atoms with Gasteiger partial charge in [-0.15, -0.1) is 11.8 Å². The second-order valence-electron chi connectivity index (χ2n) is 5.06. The predicted molar refractivity (Wildman–Crippen MR) is 91.4 cm³/mol. The number of carbonyl (C=O) groups is 1. The lowest BCUT2D eigenvalue weighted by Crippen LogP contribution is -2.28. The van der Waals surface area contributed by atoms with E-state index < -0.39 is 0 Å². The van der Waals surface area contributed by atoms with Crippen LogP contribution in [0.15, 0.2) is 53.4 Å². The van der Waals surface area contributed by atoms with Crippen LogP contribution in [-0.4, -0.2) is 24.8 Å². The number of carbonyl (C=O) groups excluding carboxylic acids is 1. The summed E-state index contributed by atoms with van der Waals surface area (Å²) < 4.78 is 18.1. The van der Waals surface area contributed by atoms with Gasteiger partial charge in [0, 0.05) is 17.1 Å². The molecular weight excluding hydrogens is 313 g/mol. The van der Waals surface area contributed by atoms with Crippen LogP contribution in [0.2, 0.25) is 0 Å². The molecule has 122 valence electrons. The largest absolute Gasteiger partial charge is 0.492 e. The molecular formula is C18H20FNO2S. The predicted octanol–water partition coefficient (Wildman–Crippen LogP) is 3.81. The fourth-order valence-electron chi connectivity index (χ4n) is 1.87. The normalized spacial score (nSPS) is 10.3. The van der Waals surface area contributed by atoms with E-state index in [9.17, 15) is 9.18 Å². The van der Waals surface area contributed by atoms with Crippen LogP contribution >= 0.6 is 11.8 Å². The Bertz CT molecular complexity index is 614. The van der Waals surface area contributed by atoms with E-state index in [0.29, 0.717) is 25.3 Å². The van der Waals surface area contributed by atoms with Crippen molar-refractivity contribution in [2.24, 2.45) is 0 Å². The first-order chi connectivity index (χ1) is 11.1. The number of thioether (sulfide) groups is 1. The molecule has 0 aliphatic carbocycles. The van der Waals surface area contributed by atoms with Gasteiger partial charge < -0.3 is 10.1 Å². The van der Waals surface area contributed by atoms with E-state index in [0.717, 1.165) is 5.75 Å². The van der Waals surface area contributed by atoms with E-state index in [1.54, 1.807) is 23.9 Å². The minimum Gasteiger partial charge on any atom is -0.492 e. The fraction of sp³-hybridized carbons (Fsp3) is 0.278. The van der Waals surface area contributed by atoms with Gasteiger partial charge in [-0.25, -0.2) is 4.39 Å². The second-order valence-corrected chi connectivity index (χ2v) is 6.23. The molecule has 0 saturated carbocycles. The van der Waals surface area contributed by atoms with Crippen molar-refractivity contribution in [2.45, 2.75) is 18.2 Å². The quantitative estimate of drug-likeness (QED) is 0.590. The topological polar surface area (TPSA) is 38.3 Å². The average molecular weight is 333 g/mol. The molecule has 2 rings (SSSR count). The zero-order chi connectivity index (χ0) is 16.5. The van der Waals surface area contributed by atoms with Gasteiger partial charge in [0.2, 0.25) is 5.91 Å². The molecule has 0 aliphatic rings. The smallest absolute Gasteiger partial charge is 0.220 e. The summed E-state index contributed by atoms with van der Waals surface area (Å²) in [6.45, 7) is 2.85. The van der Waals surface area contributed by atoms with Crippen LogP contribution in [-0.2, 0) is 4.79 Å². The highest BCUT2D eigenvalue weighted by Gasteiger charge is 2.02. The number of nitrogens with one attached hydrogen (secondary N) is 1. The molecule has 1 N–H and O–H groups in total. The summed E-state index contributed by atoms with van der Waals surface area (Å²) in [6, 6.07) is 14.1.